The fourth-order valence-corrected chi connectivity index (χ4v) is 3.57. The minimum Gasteiger partial charge on any atom is -0.345 e. The summed E-state index contributed by atoms with van der Waals surface area (Å²) in [5, 5.41) is 3.09. The lowest BCUT2D eigenvalue weighted by Crippen LogP contribution is -2.31. The number of hydrogen-bond acceptors (Lipinski definition) is 2. The number of halogens is 2. The number of aromatic amines is 1. The standard InChI is InChI=1S/C21H18F2N2O2/c1-11-17(15-6-3-7-16(23)18(15)21(27)24-11)20(26)25-19(12-8-9-12)13-4-2-5-14(22)10-13/h2-7,10,12,19H,8-9H2,1H3,(H,24,27)(H,25,26)/t19-/m0/s1. The van der Waals surface area contributed by atoms with Crippen LogP contribution in [0.25, 0.3) is 10.8 Å². The van der Waals surface area contributed by atoms with Crippen LogP contribution in [-0.4, -0.2) is 10.9 Å². The van der Waals surface area contributed by atoms with Crippen LogP contribution >= 0.6 is 0 Å². The maximum atomic E-state index is 14.1. The van der Waals surface area contributed by atoms with Gasteiger partial charge in [-0.2, -0.15) is 0 Å². The van der Waals surface area contributed by atoms with Crippen molar-refractivity contribution in [2.45, 2.75) is 25.8 Å². The zero-order valence-electron chi connectivity index (χ0n) is 14.7. The number of aromatic nitrogens is 1. The van der Waals surface area contributed by atoms with E-state index in [2.05, 4.69) is 10.3 Å². The molecule has 4 nitrogen and oxygen atoms in total. The molecule has 4 rings (SSSR count). The summed E-state index contributed by atoms with van der Waals surface area (Å²) < 4.78 is 27.8. The second-order valence-electron chi connectivity index (χ2n) is 6.96. The molecule has 1 aliphatic rings. The number of hydrogen-bond donors (Lipinski definition) is 2. The third kappa shape index (κ3) is 3.23. The molecule has 6 heteroatoms. The van der Waals surface area contributed by atoms with Gasteiger partial charge in [0.1, 0.15) is 11.6 Å². The van der Waals surface area contributed by atoms with Crippen LogP contribution in [-0.2, 0) is 0 Å². The summed E-state index contributed by atoms with van der Waals surface area (Å²) in [7, 11) is 0. The molecule has 1 saturated carbocycles. The molecular formula is C21H18F2N2O2. The Morgan fingerprint density at radius 3 is 2.63 bits per heavy atom. The quantitative estimate of drug-likeness (QED) is 0.731. The summed E-state index contributed by atoms with van der Waals surface area (Å²) in [5.74, 6) is -1.21. The van der Waals surface area contributed by atoms with Crippen LogP contribution in [0, 0.1) is 24.5 Å². The highest BCUT2D eigenvalue weighted by molar-refractivity contribution is 6.07. The molecule has 0 saturated heterocycles. The zero-order chi connectivity index (χ0) is 19.1. The number of carbonyl (C=O) groups is 1. The van der Waals surface area contributed by atoms with E-state index in [1.807, 2.05) is 0 Å². The van der Waals surface area contributed by atoms with Gasteiger partial charge in [-0.15, -0.1) is 0 Å². The van der Waals surface area contributed by atoms with E-state index >= 15 is 0 Å². The molecule has 3 aromatic rings. The van der Waals surface area contributed by atoms with Gasteiger partial charge >= 0.3 is 0 Å². The summed E-state index contributed by atoms with van der Waals surface area (Å²) in [5.41, 5.74) is 0.722. The van der Waals surface area contributed by atoms with Crippen LogP contribution in [0.4, 0.5) is 8.78 Å². The maximum Gasteiger partial charge on any atom is 0.259 e. The van der Waals surface area contributed by atoms with E-state index < -0.39 is 17.3 Å². The van der Waals surface area contributed by atoms with E-state index in [0.717, 1.165) is 12.8 Å². The summed E-state index contributed by atoms with van der Waals surface area (Å²) in [4.78, 5) is 27.7. The number of rotatable bonds is 4. The van der Waals surface area contributed by atoms with E-state index in [9.17, 15) is 18.4 Å². The Morgan fingerprint density at radius 2 is 1.93 bits per heavy atom. The first-order chi connectivity index (χ1) is 13.0. The van der Waals surface area contributed by atoms with Gasteiger partial charge in [0, 0.05) is 11.1 Å². The Morgan fingerprint density at radius 1 is 1.19 bits per heavy atom. The molecule has 0 unspecified atom stereocenters. The van der Waals surface area contributed by atoms with Gasteiger partial charge in [-0.05, 0) is 49.4 Å². The third-order valence-electron chi connectivity index (χ3n) is 5.00. The normalized spacial score (nSPS) is 14.9. The van der Waals surface area contributed by atoms with Gasteiger partial charge in [-0.1, -0.05) is 24.3 Å². The average Bonchev–Trinajstić information content (AvgIpc) is 3.44. The van der Waals surface area contributed by atoms with Gasteiger partial charge in [0.15, 0.2) is 0 Å². The molecule has 138 valence electrons. The fraction of sp³-hybridized carbons (Fsp3) is 0.238. The van der Waals surface area contributed by atoms with E-state index in [1.54, 1.807) is 25.1 Å². The topological polar surface area (TPSA) is 62.0 Å². The lowest BCUT2D eigenvalue weighted by Gasteiger charge is -2.20. The largest absolute Gasteiger partial charge is 0.345 e. The number of aryl methyl sites for hydroxylation is 1. The Balaban J connectivity index is 1.77. The maximum absolute atomic E-state index is 14.1. The predicted molar refractivity (Wildman–Crippen MR) is 98.6 cm³/mol. The predicted octanol–water partition coefficient (Wildman–Crippen LogP) is 4.00. The van der Waals surface area contributed by atoms with Gasteiger partial charge in [0.2, 0.25) is 0 Å². The molecule has 1 atom stereocenters. The second-order valence-corrected chi connectivity index (χ2v) is 6.96. The summed E-state index contributed by atoms with van der Waals surface area (Å²) in [6.07, 6.45) is 1.89. The van der Waals surface area contributed by atoms with Gasteiger partial charge < -0.3 is 10.3 Å². The number of benzene rings is 2. The van der Waals surface area contributed by atoms with Crippen molar-refractivity contribution < 1.29 is 13.6 Å². The Labute approximate surface area is 154 Å². The lowest BCUT2D eigenvalue weighted by molar-refractivity contribution is 0.0932. The van der Waals surface area contributed by atoms with Crippen molar-refractivity contribution in [3.8, 4) is 0 Å². The molecule has 2 N–H and O–H groups in total. The van der Waals surface area contributed by atoms with Crippen LogP contribution < -0.4 is 10.9 Å². The fourth-order valence-electron chi connectivity index (χ4n) is 3.57. The highest BCUT2D eigenvalue weighted by Crippen LogP contribution is 2.41. The summed E-state index contributed by atoms with van der Waals surface area (Å²) in [6, 6.07) is 10.1. The SMILES string of the molecule is Cc1[nH]c(=O)c2c(F)cccc2c1C(=O)N[C@H](c1cccc(F)c1)C1CC1. The molecule has 1 fully saturated rings. The molecule has 1 aromatic heterocycles. The van der Waals surface area contributed by atoms with E-state index in [0.29, 0.717) is 11.3 Å². The summed E-state index contributed by atoms with van der Waals surface area (Å²) in [6.45, 7) is 1.61. The molecule has 0 radical (unpaired) electrons. The summed E-state index contributed by atoms with van der Waals surface area (Å²) >= 11 is 0. The molecule has 1 aliphatic carbocycles. The smallest absolute Gasteiger partial charge is 0.259 e. The second kappa shape index (κ2) is 6.61. The monoisotopic (exact) mass is 368 g/mol. The van der Waals surface area contributed by atoms with Crippen molar-refractivity contribution in [2.24, 2.45) is 5.92 Å². The lowest BCUT2D eigenvalue weighted by atomic mass is 9.99. The molecule has 27 heavy (non-hydrogen) atoms. The van der Waals surface area contributed by atoms with Crippen molar-refractivity contribution >= 4 is 16.7 Å². The van der Waals surface area contributed by atoms with Gasteiger partial charge in [0.25, 0.3) is 11.5 Å². The van der Waals surface area contributed by atoms with Crippen LogP contribution in [0.2, 0.25) is 0 Å². The van der Waals surface area contributed by atoms with Crippen molar-refractivity contribution in [2.75, 3.05) is 0 Å². The Kier molecular flexibility index (Phi) is 4.26. The Bertz CT molecular complexity index is 1100. The first-order valence-corrected chi connectivity index (χ1v) is 8.83. The van der Waals surface area contributed by atoms with Crippen LogP contribution in [0.3, 0.4) is 0 Å². The third-order valence-corrected chi connectivity index (χ3v) is 5.00. The number of nitrogens with one attached hydrogen (secondary N) is 2. The Hall–Kier alpha value is -3.02. The molecule has 2 aromatic carbocycles. The first kappa shape index (κ1) is 17.4. The first-order valence-electron chi connectivity index (χ1n) is 8.83. The van der Waals surface area contributed by atoms with Crippen molar-refractivity contribution in [1.29, 1.82) is 0 Å². The molecule has 1 heterocycles. The van der Waals surface area contributed by atoms with Gasteiger partial charge in [-0.25, -0.2) is 8.78 Å². The zero-order valence-corrected chi connectivity index (χ0v) is 14.7. The van der Waals surface area contributed by atoms with Crippen molar-refractivity contribution in [3.63, 3.8) is 0 Å². The van der Waals surface area contributed by atoms with Crippen molar-refractivity contribution in [1.82, 2.24) is 10.3 Å². The van der Waals surface area contributed by atoms with E-state index in [-0.39, 0.29) is 34.1 Å². The average molecular weight is 368 g/mol. The molecule has 0 spiro atoms. The minimum absolute atomic E-state index is 0.137. The number of carbonyl (C=O) groups excluding carboxylic acids is 1. The van der Waals surface area contributed by atoms with Crippen LogP contribution in [0.1, 0.15) is 40.5 Å². The number of fused-ring (bicyclic) bond motifs is 1. The highest BCUT2D eigenvalue weighted by Gasteiger charge is 2.34. The highest BCUT2D eigenvalue weighted by atomic mass is 19.1. The molecule has 0 aliphatic heterocycles. The van der Waals surface area contributed by atoms with E-state index in [4.69, 9.17) is 0 Å². The number of H-pyrrole nitrogens is 1. The van der Waals surface area contributed by atoms with E-state index in [1.165, 1.54) is 24.3 Å². The minimum atomic E-state index is -0.674. The van der Waals surface area contributed by atoms with Crippen LogP contribution in [0.5, 0.6) is 0 Å². The van der Waals surface area contributed by atoms with Crippen LogP contribution in [0.15, 0.2) is 47.3 Å². The molecular weight excluding hydrogens is 350 g/mol. The number of amides is 1. The van der Waals surface area contributed by atoms with Gasteiger partial charge in [-0.3, -0.25) is 9.59 Å². The molecule has 0 bridgehead atoms. The number of pyridine rings is 1. The molecule has 1 amide bonds. The van der Waals surface area contributed by atoms with Crippen molar-refractivity contribution in [3.05, 3.63) is 81.3 Å². The van der Waals surface area contributed by atoms with Gasteiger partial charge in [0.05, 0.1) is 17.0 Å².